The van der Waals surface area contributed by atoms with Crippen LogP contribution in [0.1, 0.15) is 11.6 Å². The Labute approximate surface area is 124 Å². The second-order valence-corrected chi connectivity index (χ2v) is 4.21. The molecule has 0 bridgehead atoms. The molecule has 0 radical (unpaired) electrons. The summed E-state index contributed by atoms with van der Waals surface area (Å²) in [6, 6.07) is 5.40. The molecular weight excluding hydrogens is 292 g/mol. The first-order valence-electron chi connectivity index (χ1n) is 6.11. The number of nitro groups is 1. The topological polar surface area (TPSA) is 127 Å². The maximum atomic E-state index is 11.4. The molecular formula is C13H12N4O5. The monoisotopic (exact) mass is 304 g/mol. The number of nitrogens with one attached hydrogen (secondary N) is 1. The predicted octanol–water partition coefficient (Wildman–Crippen LogP) is 1.63. The van der Waals surface area contributed by atoms with Crippen LogP contribution in [0.4, 0.5) is 11.6 Å². The average molecular weight is 304 g/mol. The standard InChI is InChI=1S/C13H12N4O5/c1-22-10-4-2-3-8(5-10)11(12(18)19)16-13-14-6-9(7-15-13)17(20)21/h2-7,11H,1H3,(H,18,19)(H,14,15,16). The normalized spacial score (nSPS) is 11.5. The molecule has 114 valence electrons. The van der Waals surface area contributed by atoms with Crippen LogP contribution in [0.25, 0.3) is 0 Å². The first-order valence-corrected chi connectivity index (χ1v) is 6.11. The lowest BCUT2D eigenvalue weighted by atomic mass is 10.1. The molecule has 0 aliphatic rings. The second-order valence-electron chi connectivity index (χ2n) is 4.21. The van der Waals surface area contributed by atoms with Gasteiger partial charge in [-0.15, -0.1) is 0 Å². The van der Waals surface area contributed by atoms with Crippen molar-refractivity contribution < 1.29 is 19.6 Å². The average Bonchev–Trinajstić information content (AvgIpc) is 2.52. The van der Waals surface area contributed by atoms with Gasteiger partial charge in [0.2, 0.25) is 5.95 Å². The number of carboxylic acids is 1. The Balaban J connectivity index is 2.25. The summed E-state index contributed by atoms with van der Waals surface area (Å²) in [6.45, 7) is 0. The number of hydrogen-bond donors (Lipinski definition) is 2. The minimum Gasteiger partial charge on any atom is -0.497 e. The molecule has 1 unspecified atom stereocenters. The van der Waals surface area contributed by atoms with Crippen LogP contribution < -0.4 is 10.1 Å². The lowest BCUT2D eigenvalue weighted by Crippen LogP contribution is -2.21. The third-order valence-electron chi connectivity index (χ3n) is 2.80. The molecule has 0 fully saturated rings. The van der Waals surface area contributed by atoms with Gasteiger partial charge in [0.25, 0.3) is 0 Å². The van der Waals surface area contributed by atoms with Gasteiger partial charge >= 0.3 is 11.7 Å². The number of rotatable bonds is 6. The first kappa shape index (κ1) is 15.2. The fraction of sp³-hybridized carbons (Fsp3) is 0.154. The molecule has 0 amide bonds. The number of nitrogens with zero attached hydrogens (tertiary/aromatic N) is 3. The number of aromatic nitrogens is 2. The molecule has 0 saturated heterocycles. The Morgan fingerprint density at radius 3 is 2.64 bits per heavy atom. The van der Waals surface area contributed by atoms with Gasteiger partial charge in [-0.3, -0.25) is 10.1 Å². The van der Waals surface area contributed by atoms with Crippen molar-refractivity contribution in [1.82, 2.24) is 9.97 Å². The van der Waals surface area contributed by atoms with E-state index in [1.165, 1.54) is 7.11 Å². The second kappa shape index (κ2) is 6.48. The van der Waals surface area contributed by atoms with E-state index in [9.17, 15) is 20.0 Å². The van der Waals surface area contributed by atoms with Gasteiger partial charge in [0.1, 0.15) is 18.1 Å². The SMILES string of the molecule is COc1cccc(C(Nc2ncc([N+](=O)[O-])cn2)C(=O)O)c1. The summed E-state index contributed by atoms with van der Waals surface area (Å²) in [7, 11) is 1.47. The van der Waals surface area contributed by atoms with E-state index in [1.807, 2.05) is 0 Å². The summed E-state index contributed by atoms with van der Waals surface area (Å²) in [4.78, 5) is 28.8. The van der Waals surface area contributed by atoms with Crippen LogP contribution in [0, 0.1) is 10.1 Å². The van der Waals surface area contributed by atoms with E-state index in [1.54, 1.807) is 24.3 Å². The van der Waals surface area contributed by atoms with Crippen molar-refractivity contribution >= 4 is 17.6 Å². The molecule has 1 aromatic heterocycles. The third-order valence-corrected chi connectivity index (χ3v) is 2.80. The molecule has 2 rings (SSSR count). The van der Waals surface area contributed by atoms with Crippen molar-refractivity contribution in [2.75, 3.05) is 12.4 Å². The van der Waals surface area contributed by atoms with Gasteiger partial charge in [-0.05, 0) is 17.7 Å². The highest BCUT2D eigenvalue weighted by atomic mass is 16.6. The van der Waals surface area contributed by atoms with Crippen LogP contribution in [0.15, 0.2) is 36.7 Å². The summed E-state index contributed by atoms with van der Waals surface area (Å²) in [6.07, 6.45) is 2.00. The van der Waals surface area contributed by atoms with Gasteiger partial charge in [0, 0.05) is 0 Å². The molecule has 1 atom stereocenters. The Hall–Kier alpha value is -3.23. The Morgan fingerprint density at radius 1 is 1.41 bits per heavy atom. The molecule has 2 N–H and O–H groups in total. The summed E-state index contributed by atoms with van der Waals surface area (Å²) >= 11 is 0. The van der Waals surface area contributed by atoms with E-state index >= 15 is 0 Å². The lowest BCUT2D eigenvalue weighted by molar-refractivity contribution is -0.385. The maximum Gasteiger partial charge on any atom is 0.330 e. The Kier molecular flexibility index (Phi) is 4.47. The predicted molar refractivity (Wildman–Crippen MR) is 75.7 cm³/mol. The fourth-order valence-electron chi connectivity index (χ4n) is 1.73. The number of ether oxygens (including phenoxy) is 1. The van der Waals surface area contributed by atoms with Gasteiger partial charge in [0.05, 0.1) is 12.0 Å². The Bertz CT molecular complexity index is 689. The van der Waals surface area contributed by atoms with Crippen LogP contribution in [0.2, 0.25) is 0 Å². The van der Waals surface area contributed by atoms with E-state index in [4.69, 9.17) is 4.74 Å². The van der Waals surface area contributed by atoms with E-state index < -0.39 is 16.9 Å². The molecule has 0 saturated carbocycles. The number of hydrogen-bond acceptors (Lipinski definition) is 7. The van der Waals surface area contributed by atoms with Gasteiger partial charge < -0.3 is 15.2 Å². The van der Waals surface area contributed by atoms with E-state index in [-0.39, 0.29) is 11.6 Å². The van der Waals surface area contributed by atoms with Crippen molar-refractivity contribution in [2.45, 2.75) is 6.04 Å². The number of carbonyl (C=O) groups is 1. The van der Waals surface area contributed by atoms with Crippen molar-refractivity contribution in [1.29, 1.82) is 0 Å². The van der Waals surface area contributed by atoms with Crippen LogP contribution in [0.3, 0.4) is 0 Å². The quantitative estimate of drug-likeness (QED) is 0.608. The van der Waals surface area contributed by atoms with E-state index in [0.29, 0.717) is 11.3 Å². The van der Waals surface area contributed by atoms with Gasteiger partial charge in [0.15, 0.2) is 6.04 Å². The molecule has 1 heterocycles. The van der Waals surface area contributed by atoms with Crippen molar-refractivity contribution in [3.05, 3.63) is 52.3 Å². The summed E-state index contributed by atoms with van der Waals surface area (Å²) in [5.74, 6) is -0.661. The number of benzene rings is 1. The minimum atomic E-state index is -1.14. The van der Waals surface area contributed by atoms with Crippen LogP contribution in [-0.4, -0.2) is 33.1 Å². The zero-order valence-electron chi connectivity index (χ0n) is 11.5. The third kappa shape index (κ3) is 3.45. The Morgan fingerprint density at radius 2 is 2.09 bits per heavy atom. The smallest absolute Gasteiger partial charge is 0.330 e. The van der Waals surface area contributed by atoms with Gasteiger partial charge in [-0.25, -0.2) is 14.8 Å². The molecule has 22 heavy (non-hydrogen) atoms. The highest BCUT2D eigenvalue weighted by Gasteiger charge is 2.21. The molecule has 9 nitrogen and oxygen atoms in total. The van der Waals surface area contributed by atoms with Crippen LogP contribution in [-0.2, 0) is 4.79 Å². The first-order chi connectivity index (χ1) is 10.5. The number of aliphatic carboxylic acids is 1. The summed E-state index contributed by atoms with van der Waals surface area (Å²) < 4.78 is 5.05. The van der Waals surface area contributed by atoms with Crippen LogP contribution >= 0.6 is 0 Å². The summed E-state index contributed by atoms with van der Waals surface area (Å²) in [5, 5.41) is 22.5. The highest BCUT2D eigenvalue weighted by molar-refractivity contribution is 5.78. The highest BCUT2D eigenvalue weighted by Crippen LogP contribution is 2.22. The van der Waals surface area contributed by atoms with Crippen molar-refractivity contribution in [3.63, 3.8) is 0 Å². The number of anilines is 1. The maximum absolute atomic E-state index is 11.4. The molecule has 0 aliphatic heterocycles. The van der Waals surface area contributed by atoms with Gasteiger partial charge in [-0.1, -0.05) is 12.1 Å². The lowest BCUT2D eigenvalue weighted by Gasteiger charge is -2.15. The molecule has 0 spiro atoms. The zero-order chi connectivity index (χ0) is 16.1. The van der Waals surface area contributed by atoms with E-state index in [2.05, 4.69) is 15.3 Å². The molecule has 9 heteroatoms. The van der Waals surface area contributed by atoms with Crippen LogP contribution in [0.5, 0.6) is 5.75 Å². The summed E-state index contributed by atoms with van der Waals surface area (Å²) in [5.41, 5.74) is 0.160. The molecule has 1 aromatic carbocycles. The van der Waals surface area contributed by atoms with E-state index in [0.717, 1.165) is 12.4 Å². The number of carboxylic acid groups (broad SMARTS) is 1. The minimum absolute atomic E-state index is 0.0270. The van der Waals surface area contributed by atoms with Crippen molar-refractivity contribution in [3.8, 4) is 5.75 Å². The van der Waals surface area contributed by atoms with Gasteiger partial charge in [-0.2, -0.15) is 0 Å². The largest absolute Gasteiger partial charge is 0.497 e. The fourth-order valence-corrected chi connectivity index (χ4v) is 1.73. The zero-order valence-corrected chi connectivity index (χ0v) is 11.5. The molecule has 2 aromatic rings. The number of methoxy groups -OCH3 is 1. The van der Waals surface area contributed by atoms with Crippen molar-refractivity contribution in [2.24, 2.45) is 0 Å². The molecule has 0 aliphatic carbocycles.